The van der Waals surface area contributed by atoms with Crippen molar-refractivity contribution < 1.29 is 13.7 Å². The second-order valence-corrected chi connectivity index (χ2v) is 16.4. The molecule has 0 aliphatic carbocycles. The minimum atomic E-state index is -2.19. The SMILES string of the molecule is CCCCCCCCCCCCCCCC1CCO[Si](CC)(CCCSC(=O)CCCCCCC)ONC1. The molecule has 2 unspecified atom stereocenters. The van der Waals surface area contributed by atoms with E-state index < -0.39 is 8.56 Å². The third-order valence-corrected chi connectivity index (χ3v) is 12.7. The third kappa shape index (κ3) is 20.1. The summed E-state index contributed by atoms with van der Waals surface area (Å²) in [7, 11) is -2.19. The quantitative estimate of drug-likeness (QED) is 0.0872. The summed E-state index contributed by atoms with van der Waals surface area (Å²) >= 11 is 1.52. The highest BCUT2D eigenvalue weighted by atomic mass is 32.2. The zero-order chi connectivity index (χ0) is 27.6. The maximum absolute atomic E-state index is 12.1. The van der Waals surface area contributed by atoms with Crippen molar-refractivity contribution in [2.75, 3.05) is 18.9 Å². The lowest BCUT2D eigenvalue weighted by atomic mass is 9.97. The second kappa shape index (κ2) is 26.0. The predicted molar refractivity (Wildman–Crippen MR) is 170 cm³/mol. The van der Waals surface area contributed by atoms with Crippen LogP contribution in [0.25, 0.3) is 0 Å². The number of hydroxylamine groups is 1. The molecule has 4 nitrogen and oxygen atoms in total. The lowest BCUT2D eigenvalue weighted by molar-refractivity contribution is -0.111. The molecule has 2 atom stereocenters. The molecule has 1 fully saturated rings. The Morgan fingerprint density at radius 1 is 0.763 bits per heavy atom. The van der Waals surface area contributed by atoms with Crippen LogP contribution < -0.4 is 5.48 Å². The molecule has 38 heavy (non-hydrogen) atoms. The van der Waals surface area contributed by atoms with E-state index in [1.807, 2.05) is 0 Å². The number of carbonyl (C=O) groups is 1. The molecule has 1 saturated heterocycles. The standard InChI is InChI=1S/C32H65NO3SSi/c1-4-7-9-11-12-13-14-15-16-17-18-20-21-24-31-26-27-35-38(6-3,36-33-30-31)29-23-28-37-32(34)25-22-19-10-8-5-2/h31,33H,4-30H2,1-3H3. The smallest absolute Gasteiger partial charge is 0.357 e. The van der Waals surface area contributed by atoms with E-state index in [1.54, 1.807) is 0 Å². The van der Waals surface area contributed by atoms with Crippen molar-refractivity contribution >= 4 is 25.4 Å². The van der Waals surface area contributed by atoms with Gasteiger partial charge >= 0.3 is 8.56 Å². The number of hydrogen-bond acceptors (Lipinski definition) is 5. The van der Waals surface area contributed by atoms with Gasteiger partial charge in [0.15, 0.2) is 5.12 Å². The molecule has 0 aromatic rings. The average Bonchev–Trinajstić information content (AvgIpc) is 2.91. The van der Waals surface area contributed by atoms with Crippen molar-refractivity contribution in [3.8, 4) is 0 Å². The molecule has 1 heterocycles. The molecule has 226 valence electrons. The van der Waals surface area contributed by atoms with Crippen LogP contribution in [0.1, 0.15) is 162 Å². The van der Waals surface area contributed by atoms with E-state index in [-0.39, 0.29) is 0 Å². The van der Waals surface area contributed by atoms with Gasteiger partial charge < -0.3 is 8.95 Å². The summed E-state index contributed by atoms with van der Waals surface area (Å²) in [5, 5.41) is 0.363. The van der Waals surface area contributed by atoms with E-state index in [1.165, 1.54) is 127 Å². The Morgan fingerprint density at radius 2 is 1.32 bits per heavy atom. The normalized spacial score (nSPS) is 20.3. The van der Waals surface area contributed by atoms with E-state index in [2.05, 4.69) is 26.3 Å². The van der Waals surface area contributed by atoms with Crippen LogP contribution in [-0.4, -0.2) is 32.6 Å². The molecule has 1 aliphatic rings. The summed E-state index contributed by atoms with van der Waals surface area (Å²) in [4.78, 5) is 12.1. The van der Waals surface area contributed by atoms with Gasteiger partial charge in [0.25, 0.3) is 0 Å². The van der Waals surface area contributed by atoms with Crippen molar-refractivity contribution in [3.63, 3.8) is 0 Å². The monoisotopic (exact) mass is 571 g/mol. The molecule has 0 spiro atoms. The summed E-state index contributed by atoms with van der Waals surface area (Å²) in [5.74, 6) is 1.56. The van der Waals surface area contributed by atoms with E-state index in [9.17, 15) is 4.79 Å². The number of rotatable bonds is 25. The maximum Gasteiger partial charge on any atom is 0.357 e. The Balaban J connectivity index is 2.04. The topological polar surface area (TPSA) is 47.6 Å². The lowest BCUT2D eigenvalue weighted by Gasteiger charge is -2.33. The van der Waals surface area contributed by atoms with Crippen LogP contribution in [0.4, 0.5) is 0 Å². The third-order valence-electron chi connectivity index (χ3n) is 8.23. The van der Waals surface area contributed by atoms with E-state index in [4.69, 9.17) is 8.95 Å². The lowest BCUT2D eigenvalue weighted by Crippen LogP contribution is -2.49. The van der Waals surface area contributed by atoms with Crippen LogP contribution in [-0.2, 0) is 13.7 Å². The van der Waals surface area contributed by atoms with Crippen LogP contribution >= 0.6 is 11.8 Å². The van der Waals surface area contributed by atoms with E-state index in [0.717, 1.165) is 56.7 Å². The van der Waals surface area contributed by atoms with Gasteiger partial charge in [-0.05, 0) is 43.7 Å². The van der Waals surface area contributed by atoms with Crippen LogP contribution in [0.5, 0.6) is 0 Å². The molecule has 0 amide bonds. The van der Waals surface area contributed by atoms with E-state index >= 15 is 0 Å². The molecule has 1 aliphatic heterocycles. The molecule has 0 saturated carbocycles. The Hall–Kier alpha value is 0.117. The Kier molecular flexibility index (Phi) is 24.8. The first-order chi connectivity index (χ1) is 18.7. The van der Waals surface area contributed by atoms with Crippen molar-refractivity contribution in [1.82, 2.24) is 5.48 Å². The fourth-order valence-corrected chi connectivity index (χ4v) is 9.10. The molecule has 0 aromatic carbocycles. The van der Waals surface area contributed by atoms with Crippen molar-refractivity contribution in [1.29, 1.82) is 0 Å². The van der Waals surface area contributed by atoms with Crippen LogP contribution in [0.3, 0.4) is 0 Å². The fourth-order valence-electron chi connectivity index (χ4n) is 5.48. The minimum Gasteiger partial charge on any atom is -0.393 e. The number of unbranched alkanes of at least 4 members (excludes halogenated alkanes) is 16. The summed E-state index contributed by atoms with van der Waals surface area (Å²) in [6, 6.07) is 1.95. The minimum absolute atomic E-state index is 0.363. The first-order valence-electron chi connectivity index (χ1n) is 16.9. The number of thioether (sulfide) groups is 1. The number of carbonyl (C=O) groups excluding carboxylic acids is 1. The first-order valence-corrected chi connectivity index (χ1v) is 20.1. The number of hydrogen-bond donors (Lipinski definition) is 1. The molecule has 0 radical (unpaired) electrons. The highest BCUT2D eigenvalue weighted by molar-refractivity contribution is 8.13. The van der Waals surface area contributed by atoms with Crippen LogP contribution in [0.15, 0.2) is 0 Å². The maximum atomic E-state index is 12.1. The zero-order valence-electron chi connectivity index (χ0n) is 25.8. The van der Waals surface area contributed by atoms with Gasteiger partial charge in [-0.1, -0.05) is 142 Å². The zero-order valence-corrected chi connectivity index (χ0v) is 27.6. The van der Waals surface area contributed by atoms with Crippen molar-refractivity contribution in [2.45, 2.75) is 174 Å². The van der Waals surface area contributed by atoms with Gasteiger partial charge in [-0.15, -0.1) is 0 Å². The Bertz CT molecular complexity index is 527. The summed E-state index contributed by atoms with van der Waals surface area (Å²) < 4.78 is 12.7. The van der Waals surface area contributed by atoms with Crippen LogP contribution in [0.2, 0.25) is 12.1 Å². The number of nitrogens with one attached hydrogen (secondary N) is 1. The van der Waals surface area contributed by atoms with Gasteiger partial charge in [-0.2, -0.15) is 0 Å². The van der Waals surface area contributed by atoms with Crippen molar-refractivity contribution in [2.24, 2.45) is 5.92 Å². The average molecular weight is 572 g/mol. The molecule has 0 bridgehead atoms. The van der Waals surface area contributed by atoms with Gasteiger partial charge in [-0.25, -0.2) is 5.48 Å². The molecule has 6 heteroatoms. The summed E-state index contributed by atoms with van der Waals surface area (Å²) in [6.45, 7) is 8.53. The Labute approximate surface area is 243 Å². The van der Waals surface area contributed by atoms with Gasteiger partial charge in [0.2, 0.25) is 0 Å². The fraction of sp³-hybridized carbons (Fsp3) is 0.969. The van der Waals surface area contributed by atoms with Crippen LogP contribution in [0, 0.1) is 5.92 Å². The molecule has 0 aromatic heterocycles. The van der Waals surface area contributed by atoms with Crippen molar-refractivity contribution in [3.05, 3.63) is 0 Å². The predicted octanol–water partition coefficient (Wildman–Crippen LogP) is 10.5. The largest absolute Gasteiger partial charge is 0.393 e. The molecule has 1 rings (SSSR count). The highest BCUT2D eigenvalue weighted by Crippen LogP contribution is 2.26. The summed E-state index contributed by atoms with van der Waals surface area (Å²) in [5.41, 5.74) is 3.33. The molecule has 1 N–H and O–H groups in total. The first kappa shape index (κ1) is 36.1. The van der Waals surface area contributed by atoms with Gasteiger partial charge in [0.05, 0.1) is 0 Å². The summed E-state index contributed by atoms with van der Waals surface area (Å²) in [6.07, 6.45) is 28.6. The highest BCUT2D eigenvalue weighted by Gasteiger charge is 2.37. The molecular formula is C32H65NO3SSi. The Morgan fingerprint density at radius 3 is 1.89 bits per heavy atom. The second-order valence-electron chi connectivity index (χ2n) is 11.7. The van der Waals surface area contributed by atoms with Gasteiger partial charge in [0, 0.05) is 25.3 Å². The van der Waals surface area contributed by atoms with Gasteiger partial charge in [-0.3, -0.25) is 4.79 Å². The van der Waals surface area contributed by atoms with E-state index in [0.29, 0.717) is 11.0 Å². The molecular weight excluding hydrogens is 507 g/mol. The van der Waals surface area contributed by atoms with Gasteiger partial charge in [0.1, 0.15) is 0 Å².